The molecule has 0 bridgehead atoms. The number of ether oxygens (including phenoxy) is 1. The van der Waals surface area contributed by atoms with Crippen molar-refractivity contribution >= 4 is 103 Å². The molecule has 0 aliphatic carbocycles. The van der Waals surface area contributed by atoms with Crippen LogP contribution >= 0.6 is 23.1 Å². The van der Waals surface area contributed by atoms with Crippen LogP contribution in [-0.2, 0) is 35.6 Å². The average molecular weight is 1060 g/mol. The smallest absolute Gasteiger partial charge is 0.249 e. The van der Waals surface area contributed by atoms with E-state index in [0.29, 0.717) is 72.0 Å². The van der Waals surface area contributed by atoms with Crippen molar-refractivity contribution in [3.63, 3.8) is 0 Å². The predicted molar refractivity (Wildman–Crippen MR) is 286 cm³/mol. The standard InChI is InChI=1S/C53H63BrN11O6P/c1-8-32-25-41(58-52-55-28-38(54)48(60-52)57-40-13-12-39-36(11-9-31(2)56-39)47(40)72(6,7)70)45(71-5)27-44(32)62-19-17-34(18-20-62)61-21-23-63(24-22-61)50(68)33-29-64(30-33)35-10-14-42-37(26-35)53(3,4)51(69)65(42)43-15-16-46(66)59-49(43)67/h9-14,25-28,33-34,43H,8,15-24,29-30H2,1-7H3,(H,59,66,67)(H2,55,57,58,60). The molecule has 4 fully saturated rings. The number of piperidine rings is 2. The summed E-state index contributed by atoms with van der Waals surface area (Å²) in [4.78, 5) is 77.0. The highest BCUT2D eigenvalue weighted by Gasteiger charge is 2.50. The number of pyridine rings is 1. The fraction of sp³-hybridized carbons (Fsp3) is 0.453. The van der Waals surface area contributed by atoms with E-state index in [1.807, 2.05) is 68.1 Å². The summed E-state index contributed by atoms with van der Waals surface area (Å²) < 4.78 is 20.3. The van der Waals surface area contributed by atoms with Crippen molar-refractivity contribution in [2.24, 2.45) is 5.92 Å². The number of benzene rings is 3. The van der Waals surface area contributed by atoms with Gasteiger partial charge in [0.05, 0.1) is 39.8 Å². The molecule has 72 heavy (non-hydrogen) atoms. The van der Waals surface area contributed by atoms with Gasteiger partial charge in [-0.1, -0.05) is 13.0 Å². The number of rotatable bonds is 12. The molecule has 5 aliphatic heterocycles. The van der Waals surface area contributed by atoms with E-state index >= 15 is 0 Å². The summed E-state index contributed by atoms with van der Waals surface area (Å²) in [5.74, 6) is 0.817. The molecule has 1 atom stereocenters. The number of nitrogens with zero attached hydrogens (tertiary/aromatic N) is 8. The Morgan fingerprint density at radius 1 is 0.889 bits per heavy atom. The van der Waals surface area contributed by atoms with Gasteiger partial charge >= 0.3 is 0 Å². The Kier molecular flexibility index (Phi) is 13.3. The lowest BCUT2D eigenvalue weighted by molar-refractivity contribution is -0.138. The van der Waals surface area contributed by atoms with Crippen LogP contribution in [0.5, 0.6) is 5.75 Å². The average Bonchev–Trinajstić information content (AvgIpc) is 3.54. The first-order valence-electron chi connectivity index (χ1n) is 25.0. The van der Waals surface area contributed by atoms with E-state index in [1.54, 1.807) is 31.5 Å². The van der Waals surface area contributed by atoms with Crippen LogP contribution < -0.4 is 40.7 Å². The number of nitrogens with one attached hydrogen (secondary N) is 3. The Bertz CT molecular complexity index is 3050. The molecule has 4 amide bonds. The maximum absolute atomic E-state index is 13.8. The van der Waals surface area contributed by atoms with Gasteiger partial charge in [-0.05, 0) is 129 Å². The van der Waals surface area contributed by atoms with E-state index in [-0.39, 0.29) is 30.1 Å². The van der Waals surface area contributed by atoms with E-state index in [4.69, 9.17) is 9.72 Å². The lowest BCUT2D eigenvalue weighted by Crippen LogP contribution is -2.59. The monoisotopic (exact) mass is 1060 g/mol. The number of hydrogen-bond acceptors (Lipinski definition) is 14. The molecule has 2 aromatic heterocycles. The number of methoxy groups -OCH3 is 1. The van der Waals surface area contributed by atoms with Crippen molar-refractivity contribution in [1.82, 2.24) is 30.1 Å². The molecule has 10 rings (SSSR count). The zero-order chi connectivity index (χ0) is 50.8. The fourth-order valence-corrected chi connectivity index (χ4v) is 13.0. The number of halogens is 1. The molecule has 0 saturated carbocycles. The van der Waals surface area contributed by atoms with E-state index in [0.717, 1.165) is 90.0 Å². The summed E-state index contributed by atoms with van der Waals surface area (Å²) in [5, 5.41) is 10.8. The lowest BCUT2D eigenvalue weighted by Gasteiger charge is -2.46. The third-order valence-electron chi connectivity index (χ3n) is 15.3. The normalized spacial score (nSPS) is 19.9. The van der Waals surface area contributed by atoms with Crippen LogP contribution in [0, 0.1) is 12.8 Å². The van der Waals surface area contributed by atoms with Gasteiger partial charge < -0.3 is 34.6 Å². The summed E-state index contributed by atoms with van der Waals surface area (Å²) in [6.07, 6.45) is 5.06. The molecule has 7 heterocycles. The summed E-state index contributed by atoms with van der Waals surface area (Å²) in [5.41, 5.74) is 7.19. The molecular formula is C53H63BrN11O6P. The Morgan fingerprint density at radius 3 is 2.33 bits per heavy atom. The SMILES string of the molecule is CCc1cc(Nc2ncc(Br)c(Nc3ccc4nc(C)ccc4c3P(C)(C)=O)n2)c(OC)cc1N1CCC(N2CCN(C(=O)C3CN(c4ccc5c(c4)C(C)(C)C(=O)N5C4CCC(=O)NC4=O)C3)CC2)CC1. The summed E-state index contributed by atoms with van der Waals surface area (Å²) in [6.45, 7) is 17.6. The molecule has 19 heteroatoms. The second-order valence-corrected chi connectivity index (χ2v) is 24.7. The van der Waals surface area contributed by atoms with Gasteiger partial charge in [0.25, 0.3) is 0 Å². The molecule has 3 N–H and O–H groups in total. The van der Waals surface area contributed by atoms with Gasteiger partial charge in [-0.3, -0.25) is 39.3 Å². The van der Waals surface area contributed by atoms with Gasteiger partial charge in [0.2, 0.25) is 29.6 Å². The summed E-state index contributed by atoms with van der Waals surface area (Å²) in [6, 6.07) is 17.7. The highest BCUT2D eigenvalue weighted by molar-refractivity contribution is 9.10. The van der Waals surface area contributed by atoms with Gasteiger partial charge in [0.15, 0.2) is 0 Å². The van der Waals surface area contributed by atoms with Crippen molar-refractivity contribution in [2.75, 3.05) is 98.1 Å². The molecule has 4 saturated heterocycles. The molecule has 1 unspecified atom stereocenters. The minimum Gasteiger partial charge on any atom is -0.494 e. The number of aromatic nitrogens is 3. The zero-order valence-corrected chi connectivity index (χ0v) is 44.5. The first kappa shape index (κ1) is 49.5. The number of imide groups is 1. The highest BCUT2D eigenvalue weighted by Crippen LogP contribution is 2.46. The second kappa shape index (κ2) is 19.4. The van der Waals surface area contributed by atoms with Crippen molar-refractivity contribution in [2.45, 2.75) is 77.3 Å². The predicted octanol–water partition coefficient (Wildman–Crippen LogP) is 7.08. The maximum Gasteiger partial charge on any atom is 0.249 e. The Morgan fingerprint density at radius 2 is 1.64 bits per heavy atom. The third-order valence-corrected chi connectivity index (χ3v) is 17.4. The highest BCUT2D eigenvalue weighted by atomic mass is 79.9. The largest absolute Gasteiger partial charge is 0.494 e. The third kappa shape index (κ3) is 9.30. The van der Waals surface area contributed by atoms with E-state index in [1.165, 1.54) is 5.56 Å². The quantitative estimate of drug-likeness (QED) is 0.0851. The number of carbonyl (C=O) groups excluding carboxylic acids is 4. The number of piperazine rings is 1. The van der Waals surface area contributed by atoms with Crippen LogP contribution in [0.15, 0.2) is 65.3 Å². The molecular weight excluding hydrogens is 998 g/mol. The van der Waals surface area contributed by atoms with Crippen molar-refractivity contribution in [1.29, 1.82) is 0 Å². The topological polar surface area (TPSA) is 186 Å². The summed E-state index contributed by atoms with van der Waals surface area (Å²) >= 11 is 3.62. The number of aryl methyl sites for hydroxylation is 2. The Labute approximate surface area is 428 Å². The number of anilines is 7. The van der Waals surface area contributed by atoms with E-state index < -0.39 is 24.5 Å². The molecule has 5 aliphatic rings. The van der Waals surface area contributed by atoms with Gasteiger partial charge in [-0.15, -0.1) is 0 Å². The van der Waals surface area contributed by atoms with Crippen LogP contribution in [0.25, 0.3) is 10.9 Å². The molecule has 378 valence electrons. The molecule has 0 spiro atoms. The number of amides is 4. The second-order valence-electron chi connectivity index (χ2n) is 20.7. The molecule has 3 aromatic carbocycles. The van der Waals surface area contributed by atoms with Gasteiger partial charge in [0, 0.05) is 111 Å². The first-order chi connectivity index (χ1) is 34.4. The van der Waals surface area contributed by atoms with Crippen molar-refractivity contribution in [3.05, 3.63) is 82.1 Å². The molecule has 0 radical (unpaired) electrons. The van der Waals surface area contributed by atoms with Crippen LogP contribution in [0.2, 0.25) is 0 Å². The minimum absolute atomic E-state index is 0.0812. The number of fused-ring (bicyclic) bond motifs is 2. The fourth-order valence-electron chi connectivity index (χ4n) is 11.3. The minimum atomic E-state index is -2.74. The van der Waals surface area contributed by atoms with Crippen molar-refractivity contribution < 1.29 is 28.5 Å². The molecule has 17 nitrogen and oxygen atoms in total. The van der Waals surface area contributed by atoms with Crippen LogP contribution in [0.4, 0.5) is 40.2 Å². The number of hydrogen-bond donors (Lipinski definition) is 3. The van der Waals surface area contributed by atoms with E-state index in [2.05, 4.69) is 75.6 Å². The van der Waals surface area contributed by atoms with Crippen molar-refractivity contribution in [3.8, 4) is 5.75 Å². The van der Waals surface area contributed by atoms with Gasteiger partial charge in [-0.25, -0.2) is 4.98 Å². The van der Waals surface area contributed by atoms with E-state index in [9.17, 15) is 23.7 Å². The summed E-state index contributed by atoms with van der Waals surface area (Å²) in [7, 11) is -1.07. The van der Waals surface area contributed by atoms with Gasteiger partial charge in [-0.2, -0.15) is 4.98 Å². The van der Waals surface area contributed by atoms with Crippen LogP contribution in [0.3, 0.4) is 0 Å². The van der Waals surface area contributed by atoms with Crippen LogP contribution in [-0.4, -0.2) is 133 Å². The number of carbonyl (C=O) groups is 4. The first-order valence-corrected chi connectivity index (χ1v) is 28.4. The van der Waals surface area contributed by atoms with Crippen LogP contribution in [0.1, 0.15) is 63.3 Å². The Balaban J connectivity index is 0.732. The zero-order valence-electron chi connectivity index (χ0n) is 42.1. The van der Waals surface area contributed by atoms with Gasteiger partial charge in [0.1, 0.15) is 24.8 Å². The maximum atomic E-state index is 13.8. The lowest BCUT2D eigenvalue weighted by atomic mass is 9.85. The Hall–Kier alpha value is -6.10. The molecule has 5 aromatic rings.